The molecule has 0 amide bonds. The van der Waals surface area contributed by atoms with Gasteiger partial charge in [-0.1, -0.05) is 27.5 Å². The molecule has 0 unspecified atom stereocenters. The summed E-state index contributed by atoms with van der Waals surface area (Å²) in [5.74, 6) is -0.376. The Morgan fingerprint density at radius 3 is 2.93 bits per heavy atom. The first-order valence-corrected chi connectivity index (χ1v) is 5.36. The minimum atomic E-state index is -0.376. The summed E-state index contributed by atoms with van der Waals surface area (Å²) in [6.45, 7) is 0. The second-order valence-corrected chi connectivity index (χ2v) is 3.46. The van der Waals surface area contributed by atoms with Gasteiger partial charge in [0.1, 0.15) is 0 Å². The molecule has 0 aliphatic heterocycles. The van der Waals surface area contributed by atoms with E-state index in [9.17, 15) is 4.79 Å². The number of ether oxygens (including phenoxy) is 1. The Morgan fingerprint density at radius 2 is 2.36 bits per heavy atom. The summed E-state index contributed by atoms with van der Waals surface area (Å²) >= 11 is 9.10. The Morgan fingerprint density at radius 1 is 1.64 bits per heavy atom. The first-order chi connectivity index (χ1) is 6.69. The zero-order valence-corrected chi connectivity index (χ0v) is 9.85. The van der Waals surface area contributed by atoms with Gasteiger partial charge in [-0.05, 0) is 18.2 Å². The van der Waals surface area contributed by atoms with Crippen LogP contribution in [0.5, 0.6) is 0 Å². The molecule has 0 saturated carbocycles. The van der Waals surface area contributed by atoms with E-state index in [1.165, 1.54) is 7.11 Å². The molecule has 1 rings (SSSR count). The lowest BCUT2D eigenvalue weighted by Gasteiger charge is -2.06. The van der Waals surface area contributed by atoms with Gasteiger partial charge < -0.3 is 10.1 Å². The smallest absolute Gasteiger partial charge is 0.337 e. The van der Waals surface area contributed by atoms with Crippen LogP contribution in [0.2, 0.25) is 5.02 Å². The van der Waals surface area contributed by atoms with E-state index in [1.807, 2.05) is 0 Å². The third-order valence-corrected chi connectivity index (χ3v) is 2.25. The second-order valence-electron chi connectivity index (χ2n) is 2.50. The highest BCUT2D eigenvalue weighted by Crippen LogP contribution is 2.23. The third-order valence-electron chi connectivity index (χ3n) is 1.64. The molecule has 1 aromatic carbocycles. The SMILES string of the molecule is COC(=O)c1ccc(Cl)c(NCBr)c1. The highest BCUT2D eigenvalue weighted by Gasteiger charge is 2.07. The standard InChI is InChI=1S/C9H9BrClNO2/c1-14-9(13)6-2-3-7(11)8(4-6)12-5-10/h2-4,12H,5H2,1H3. The van der Waals surface area contributed by atoms with Crippen LogP contribution < -0.4 is 5.32 Å². The molecule has 0 radical (unpaired) electrons. The lowest BCUT2D eigenvalue weighted by molar-refractivity contribution is 0.0601. The summed E-state index contributed by atoms with van der Waals surface area (Å²) in [7, 11) is 1.34. The zero-order valence-electron chi connectivity index (χ0n) is 7.51. The topological polar surface area (TPSA) is 38.3 Å². The van der Waals surface area contributed by atoms with Crippen LogP contribution >= 0.6 is 27.5 Å². The number of methoxy groups -OCH3 is 1. The number of hydrogen-bond acceptors (Lipinski definition) is 3. The van der Waals surface area contributed by atoms with Gasteiger partial charge in [-0.15, -0.1) is 0 Å². The van der Waals surface area contributed by atoms with Gasteiger partial charge in [0.2, 0.25) is 0 Å². The summed E-state index contributed by atoms with van der Waals surface area (Å²) in [6, 6.07) is 4.92. The van der Waals surface area contributed by atoms with Gasteiger partial charge in [0, 0.05) is 0 Å². The van der Waals surface area contributed by atoms with Crippen molar-refractivity contribution in [2.45, 2.75) is 0 Å². The molecule has 14 heavy (non-hydrogen) atoms. The predicted octanol–water partition coefficient (Wildman–Crippen LogP) is 2.89. The van der Waals surface area contributed by atoms with Gasteiger partial charge >= 0.3 is 5.97 Å². The fourth-order valence-electron chi connectivity index (χ4n) is 0.978. The first kappa shape index (κ1) is 11.3. The molecule has 0 saturated heterocycles. The van der Waals surface area contributed by atoms with Crippen molar-refractivity contribution in [2.24, 2.45) is 0 Å². The molecule has 1 aromatic rings. The monoisotopic (exact) mass is 277 g/mol. The summed E-state index contributed by atoms with van der Waals surface area (Å²) in [5.41, 5.74) is 1.74. The van der Waals surface area contributed by atoms with Crippen LogP contribution in [-0.4, -0.2) is 18.5 Å². The van der Waals surface area contributed by atoms with E-state index in [0.29, 0.717) is 21.7 Å². The van der Waals surface area contributed by atoms with E-state index >= 15 is 0 Å². The Balaban J connectivity index is 2.99. The number of hydrogen-bond donors (Lipinski definition) is 1. The molecular formula is C9H9BrClNO2. The molecule has 0 heterocycles. The van der Waals surface area contributed by atoms with E-state index in [4.69, 9.17) is 11.6 Å². The molecule has 0 aromatic heterocycles. The number of alkyl halides is 1. The number of carbonyl (C=O) groups excluding carboxylic acids is 1. The maximum atomic E-state index is 11.2. The van der Waals surface area contributed by atoms with Gasteiger partial charge in [0.15, 0.2) is 0 Å². The fourth-order valence-corrected chi connectivity index (χ4v) is 1.46. The van der Waals surface area contributed by atoms with E-state index in [1.54, 1.807) is 18.2 Å². The van der Waals surface area contributed by atoms with Gasteiger partial charge in [0.05, 0.1) is 28.8 Å². The first-order valence-electron chi connectivity index (χ1n) is 3.86. The minimum Gasteiger partial charge on any atom is -0.465 e. The van der Waals surface area contributed by atoms with Crippen LogP contribution in [0.15, 0.2) is 18.2 Å². The van der Waals surface area contributed by atoms with Gasteiger partial charge in [-0.3, -0.25) is 0 Å². The van der Waals surface area contributed by atoms with Crippen molar-refractivity contribution in [3.8, 4) is 0 Å². The van der Waals surface area contributed by atoms with Crippen LogP contribution in [0.1, 0.15) is 10.4 Å². The Hall–Kier alpha value is -0.740. The second kappa shape index (κ2) is 5.22. The lowest BCUT2D eigenvalue weighted by atomic mass is 10.2. The summed E-state index contributed by atoms with van der Waals surface area (Å²) in [4.78, 5) is 11.2. The van der Waals surface area contributed by atoms with E-state index in [0.717, 1.165) is 0 Å². The van der Waals surface area contributed by atoms with E-state index < -0.39 is 0 Å². The Bertz CT molecular complexity index is 344. The molecule has 0 aliphatic rings. The molecule has 0 spiro atoms. The van der Waals surface area contributed by atoms with Gasteiger partial charge in [-0.25, -0.2) is 4.79 Å². The van der Waals surface area contributed by atoms with Gasteiger partial charge in [-0.2, -0.15) is 0 Å². The molecule has 0 atom stereocenters. The van der Waals surface area contributed by atoms with E-state index in [2.05, 4.69) is 26.0 Å². The molecule has 1 N–H and O–H groups in total. The lowest BCUT2D eigenvalue weighted by Crippen LogP contribution is -2.03. The Labute approximate surface area is 95.5 Å². The maximum Gasteiger partial charge on any atom is 0.337 e. The molecule has 5 heteroatoms. The zero-order chi connectivity index (χ0) is 10.6. The normalized spacial score (nSPS) is 9.64. The molecular weight excluding hydrogens is 269 g/mol. The molecule has 3 nitrogen and oxygen atoms in total. The van der Waals surface area contributed by atoms with Crippen LogP contribution in [0, 0.1) is 0 Å². The van der Waals surface area contributed by atoms with Crippen molar-refractivity contribution in [1.29, 1.82) is 0 Å². The number of benzene rings is 1. The number of esters is 1. The molecule has 0 aliphatic carbocycles. The largest absolute Gasteiger partial charge is 0.465 e. The minimum absolute atomic E-state index is 0.376. The number of halogens is 2. The van der Waals surface area contributed by atoms with Crippen molar-refractivity contribution in [3.63, 3.8) is 0 Å². The van der Waals surface area contributed by atoms with Crippen molar-refractivity contribution >= 4 is 39.2 Å². The summed E-state index contributed by atoms with van der Waals surface area (Å²) in [5, 5.41) is 3.54. The van der Waals surface area contributed by atoms with Crippen molar-refractivity contribution < 1.29 is 9.53 Å². The fraction of sp³-hybridized carbons (Fsp3) is 0.222. The number of nitrogens with one attached hydrogen (secondary N) is 1. The number of rotatable bonds is 3. The molecule has 0 fully saturated rings. The molecule has 76 valence electrons. The summed E-state index contributed by atoms with van der Waals surface area (Å²) in [6.07, 6.45) is 0. The van der Waals surface area contributed by atoms with Crippen molar-refractivity contribution in [3.05, 3.63) is 28.8 Å². The van der Waals surface area contributed by atoms with Crippen LogP contribution in [0.3, 0.4) is 0 Å². The van der Waals surface area contributed by atoms with Crippen LogP contribution in [0.25, 0.3) is 0 Å². The highest BCUT2D eigenvalue weighted by atomic mass is 79.9. The predicted molar refractivity (Wildman–Crippen MR) is 60.2 cm³/mol. The number of anilines is 1. The molecule has 0 bridgehead atoms. The highest BCUT2D eigenvalue weighted by molar-refractivity contribution is 9.09. The quantitative estimate of drug-likeness (QED) is 0.525. The van der Waals surface area contributed by atoms with Crippen molar-refractivity contribution in [1.82, 2.24) is 0 Å². The van der Waals surface area contributed by atoms with Crippen LogP contribution in [0.4, 0.5) is 5.69 Å². The maximum absolute atomic E-state index is 11.2. The van der Waals surface area contributed by atoms with Gasteiger partial charge in [0.25, 0.3) is 0 Å². The average molecular weight is 279 g/mol. The number of carbonyl (C=O) groups is 1. The Kier molecular flexibility index (Phi) is 4.22. The van der Waals surface area contributed by atoms with Crippen molar-refractivity contribution in [2.75, 3.05) is 17.9 Å². The van der Waals surface area contributed by atoms with Crippen LogP contribution in [-0.2, 0) is 4.74 Å². The summed E-state index contributed by atoms with van der Waals surface area (Å²) < 4.78 is 4.59. The van der Waals surface area contributed by atoms with E-state index in [-0.39, 0.29) is 5.97 Å². The average Bonchev–Trinajstić information content (AvgIpc) is 2.20. The third kappa shape index (κ3) is 2.62.